The smallest absolute Gasteiger partial charge is 0.168 e. The van der Waals surface area contributed by atoms with Crippen LogP contribution in [0.4, 0.5) is 8.78 Å². The van der Waals surface area contributed by atoms with Gasteiger partial charge in [-0.2, -0.15) is 0 Å². The van der Waals surface area contributed by atoms with E-state index in [1.807, 2.05) is 0 Å². The number of aromatic hydroxyl groups is 1. The third-order valence-electron chi connectivity index (χ3n) is 2.34. The zero-order valence-corrected chi connectivity index (χ0v) is 10.7. The second-order valence-electron chi connectivity index (χ2n) is 3.68. The topological polar surface area (TPSA) is 69.2 Å². The Morgan fingerprint density at radius 1 is 1.15 bits per heavy atom. The van der Waals surface area contributed by atoms with Crippen molar-refractivity contribution in [2.45, 2.75) is 0 Å². The monoisotopic (exact) mass is 280 g/mol. The molecule has 0 spiro atoms. The fourth-order valence-electron chi connectivity index (χ4n) is 1.42. The van der Waals surface area contributed by atoms with Crippen molar-refractivity contribution in [2.75, 3.05) is 7.11 Å². The van der Waals surface area contributed by atoms with Crippen LogP contribution in [0, 0.1) is 17.0 Å². The SMILES string of the molecule is CO.N=c1ccn(/C=C/c2cc(F)cc(F)c2O)cc1. The fourth-order valence-corrected chi connectivity index (χ4v) is 1.42. The third-order valence-corrected chi connectivity index (χ3v) is 2.34. The summed E-state index contributed by atoms with van der Waals surface area (Å²) in [4.78, 5) is 0. The van der Waals surface area contributed by atoms with Gasteiger partial charge in [0.2, 0.25) is 0 Å². The number of nitrogens with one attached hydrogen (secondary N) is 1. The zero-order valence-electron chi connectivity index (χ0n) is 10.7. The summed E-state index contributed by atoms with van der Waals surface area (Å²) < 4.78 is 27.6. The average molecular weight is 280 g/mol. The van der Waals surface area contributed by atoms with Crippen LogP contribution < -0.4 is 5.36 Å². The molecule has 2 aromatic rings. The van der Waals surface area contributed by atoms with Crippen molar-refractivity contribution in [1.82, 2.24) is 4.57 Å². The normalized spacial score (nSPS) is 10.2. The van der Waals surface area contributed by atoms with Crippen LogP contribution in [-0.4, -0.2) is 21.9 Å². The molecule has 0 amide bonds. The lowest BCUT2D eigenvalue weighted by atomic mass is 10.2. The first-order chi connectivity index (χ1) is 9.56. The lowest BCUT2D eigenvalue weighted by Gasteiger charge is -2.02. The molecular weight excluding hydrogens is 266 g/mol. The molecule has 1 aromatic carbocycles. The van der Waals surface area contributed by atoms with E-state index in [0.29, 0.717) is 11.4 Å². The second-order valence-corrected chi connectivity index (χ2v) is 3.68. The van der Waals surface area contributed by atoms with E-state index in [2.05, 4.69) is 0 Å². The van der Waals surface area contributed by atoms with Gasteiger partial charge in [0.15, 0.2) is 11.6 Å². The molecule has 0 bridgehead atoms. The van der Waals surface area contributed by atoms with E-state index >= 15 is 0 Å². The number of phenolic OH excluding ortho intramolecular Hbond substituents is 1. The third kappa shape index (κ3) is 4.03. The molecule has 2 rings (SSSR count). The lowest BCUT2D eigenvalue weighted by molar-refractivity contribution is 0.399. The number of hydrogen-bond donors (Lipinski definition) is 3. The molecule has 0 unspecified atom stereocenters. The summed E-state index contributed by atoms with van der Waals surface area (Å²) in [5.74, 6) is -2.34. The van der Waals surface area contributed by atoms with Crippen molar-refractivity contribution in [3.8, 4) is 5.75 Å². The quantitative estimate of drug-likeness (QED) is 0.789. The van der Waals surface area contributed by atoms with Crippen molar-refractivity contribution < 1.29 is 19.0 Å². The number of pyridine rings is 1. The molecule has 1 aromatic heterocycles. The molecule has 6 heteroatoms. The van der Waals surface area contributed by atoms with Gasteiger partial charge >= 0.3 is 0 Å². The van der Waals surface area contributed by atoms with Crippen LogP contribution in [0.2, 0.25) is 0 Å². The maximum atomic E-state index is 13.1. The summed E-state index contributed by atoms with van der Waals surface area (Å²) in [7, 11) is 1.00. The number of aliphatic hydroxyl groups is 1. The highest BCUT2D eigenvalue weighted by molar-refractivity contribution is 5.65. The predicted molar refractivity (Wildman–Crippen MR) is 71.7 cm³/mol. The standard InChI is InChI=1S/C13H10F2N2O.CH4O/c14-10-7-9(13(18)12(15)8-10)1-4-17-5-2-11(16)3-6-17;1-2/h1-8,16,18H;2H,1H3/b4-1+;. The van der Waals surface area contributed by atoms with Crippen LogP contribution >= 0.6 is 0 Å². The minimum absolute atomic E-state index is 0.0509. The van der Waals surface area contributed by atoms with Crippen LogP contribution in [0.1, 0.15) is 5.56 Å². The Kier molecular flexibility index (Phi) is 5.61. The number of benzene rings is 1. The van der Waals surface area contributed by atoms with Crippen molar-refractivity contribution in [3.63, 3.8) is 0 Å². The van der Waals surface area contributed by atoms with E-state index in [9.17, 15) is 13.9 Å². The number of aliphatic hydroxyl groups excluding tert-OH is 1. The van der Waals surface area contributed by atoms with Gasteiger partial charge in [-0.3, -0.25) is 0 Å². The Balaban J connectivity index is 0.000000956. The fraction of sp³-hybridized carbons (Fsp3) is 0.0714. The lowest BCUT2D eigenvalue weighted by Crippen LogP contribution is -1.98. The molecule has 0 fully saturated rings. The van der Waals surface area contributed by atoms with Gasteiger partial charge in [0.25, 0.3) is 0 Å². The zero-order chi connectivity index (χ0) is 15.1. The van der Waals surface area contributed by atoms with Crippen LogP contribution in [0.25, 0.3) is 12.3 Å². The van der Waals surface area contributed by atoms with Crippen molar-refractivity contribution in [1.29, 1.82) is 5.41 Å². The van der Waals surface area contributed by atoms with Gasteiger partial charge in [0.1, 0.15) is 5.82 Å². The van der Waals surface area contributed by atoms with Crippen molar-refractivity contribution in [2.24, 2.45) is 0 Å². The summed E-state index contributed by atoms with van der Waals surface area (Å²) in [5.41, 5.74) is 0.0509. The molecule has 0 saturated carbocycles. The van der Waals surface area contributed by atoms with E-state index in [1.165, 1.54) is 12.3 Å². The maximum Gasteiger partial charge on any atom is 0.168 e. The Bertz CT molecular complexity index is 646. The molecule has 4 nitrogen and oxygen atoms in total. The molecule has 0 aliphatic heterocycles. The average Bonchev–Trinajstić information content (AvgIpc) is 2.45. The number of nitrogens with zero attached hydrogens (tertiary/aromatic N) is 1. The van der Waals surface area contributed by atoms with Crippen molar-refractivity contribution in [3.05, 3.63) is 59.2 Å². The molecular formula is C14H14F2N2O2. The number of halogens is 2. The number of hydrogen-bond acceptors (Lipinski definition) is 3. The highest BCUT2D eigenvalue weighted by Crippen LogP contribution is 2.23. The van der Waals surface area contributed by atoms with Gasteiger partial charge in [0.05, 0.1) is 5.36 Å². The number of phenols is 1. The van der Waals surface area contributed by atoms with E-state index < -0.39 is 17.4 Å². The maximum absolute atomic E-state index is 13.1. The van der Waals surface area contributed by atoms with E-state index in [4.69, 9.17) is 10.5 Å². The highest BCUT2D eigenvalue weighted by Gasteiger charge is 2.07. The molecule has 0 aliphatic carbocycles. The predicted octanol–water partition coefficient (Wildman–Crippen LogP) is 2.19. The minimum Gasteiger partial charge on any atom is -0.504 e. The minimum atomic E-state index is -0.999. The summed E-state index contributed by atoms with van der Waals surface area (Å²) in [6, 6.07) is 4.79. The molecule has 0 saturated heterocycles. The molecule has 106 valence electrons. The second kappa shape index (κ2) is 7.20. The Morgan fingerprint density at radius 2 is 1.75 bits per heavy atom. The van der Waals surface area contributed by atoms with Gasteiger partial charge in [0, 0.05) is 37.3 Å². The molecule has 0 atom stereocenters. The Labute approximate surface area is 114 Å². The number of rotatable bonds is 2. The molecule has 3 N–H and O–H groups in total. The summed E-state index contributed by atoms with van der Waals surface area (Å²) >= 11 is 0. The van der Waals surface area contributed by atoms with E-state index in [0.717, 1.165) is 13.2 Å². The van der Waals surface area contributed by atoms with Crippen LogP contribution in [0.3, 0.4) is 0 Å². The highest BCUT2D eigenvalue weighted by atomic mass is 19.1. The largest absolute Gasteiger partial charge is 0.504 e. The van der Waals surface area contributed by atoms with Gasteiger partial charge < -0.3 is 20.2 Å². The first kappa shape index (κ1) is 15.6. The molecule has 0 aliphatic rings. The molecule has 20 heavy (non-hydrogen) atoms. The first-order valence-electron chi connectivity index (χ1n) is 5.59. The summed E-state index contributed by atoms with van der Waals surface area (Å²) in [6.45, 7) is 0. The van der Waals surface area contributed by atoms with Gasteiger partial charge in [-0.1, -0.05) is 0 Å². The Hall–Kier alpha value is -2.47. The summed E-state index contributed by atoms with van der Waals surface area (Å²) in [5, 5.41) is 24.1. The van der Waals surface area contributed by atoms with Gasteiger partial charge in [-0.25, -0.2) is 8.78 Å². The van der Waals surface area contributed by atoms with Crippen molar-refractivity contribution >= 4 is 12.3 Å². The first-order valence-corrected chi connectivity index (χ1v) is 5.59. The summed E-state index contributed by atoms with van der Waals surface area (Å²) in [6.07, 6.45) is 6.13. The van der Waals surface area contributed by atoms with Crippen LogP contribution in [0.15, 0.2) is 36.7 Å². The van der Waals surface area contributed by atoms with Gasteiger partial charge in [-0.05, 0) is 24.3 Å². The van der Waals surface area contributed by atoms with Crippen LogP contribution in [-0.2, 0) is 0 Å². The van der Waals surface area contributed by atoms with Crippen LogP contribution in [0.5, 0.6) is 5.75 Å². The van der Waals surface area contributed by atoms with E-state index in [1.54, 1.807) is 29.1 Å². The molecule has 0 radical (unpaired) electrons. The van der Waals surface area contributed by atoms with E-state index in [-0.39, 0.29) is 5.56 Å². The molecule has 1 heterocycles. The Morgan fingerprint density at radius 3 is 2.35 bits per heavy atom. The number of aromatic nitrogens is 1. The van der Waals surface area contributed by atoms with Gasteiger partial charge in [-0.15, -0.1) is 0 Å².